The molecule has 4 aromatic carbocycles. The second kappa shape index (κ2) is 13.0. The summed E-state index contributed by atoms with van der Waals surface area (Å²) in [5, 5.41) is 42.8. The third kappa shape index (κ3) is 6.76. The van der Waals surface area contributed by atoms with Gasteiger partial charge in [-0.1, -0.05) is 61.9 Å². The number of aromatic hydroxyl groups is 2. The van der Waals surface area contributed by atoms with Crippen LogP contribution in [0.5, 0.6) is 11.5 Å². The Morgan fingerprint density at radius 2 is 1.23 bits per heavy atom. The molecule has 208 valence electrons. The Kier molecular flexibility index (Phi) is 9.47. The summed E-state index contributed by atoms with van der Waals surface area (Å²) in [6.45, 7) is 2.76. The van der Waals surface area contributed by atoms with E-state index in [1.54, 1.807) is 48.5 Å². The molecular formula is C29H31N5O6. The third-order valence-corrected chi connectivity index (χ3v) is 6.10. The van der Waals surface area contributed by atoms with Crippen molar-refractivity contribution in [3.8, 4) is 11.5 Å². The van der Waals surface area contributed by atoms with Crippen LogP contribution < -0.4 is 17.2 Å². The van der Waals surface area contributed by atoms with Gasteiger partial charge in [-0.15, -0.1) is 0 Å². The number of nitrogens with two attached hydrogens (primary N) is 3. The van der Waals surface area contributed by atoms with E-state index in [9.17, 15) is 30.0 Å². The summed E-state index contributed by atoms with van der Waals surface area (Å²) in [6.07, 6.45) is 2.04. The van der Waals surface area contributed by atoms with Crippen LogP contribution in [-0.4, -0.2) is 50.8 Å². The molecule has 0 spiro atoms. The van der Waals surface area contributed by atoms with Crippen LogP contribution in [0.3, 0.4) is 0 Å². The molecule has 0 heterocycles. The minimum Gasteiger partial charge on any atom is -0.507 e. The van der Waals surface area contributed by atoms with Gasteiger partial charge >= 0.3 is 11.9 Å². The van der Waals surface area contributed by atoms with Crippen molar-refractivity contribution < 1.29 is 30.0 Å². The number of phenols is 2. The predicted molar refractivity (Wildman–Crippen MR) is 155 cm³/mol. The quantitative estimate of drug-likeness (QED) is 0.102. The van der Waals surface area contributed by atoms with Crippen molar-refractivity contribution in [2.45, 2.75) is 26.2 Å². The lowest BCUT2D eigenvalue weighted by molar-refractivity contribution is 0.0682. The summed E-state index contributed by atoms with van der Waals surface area (Å²) in [6, 6.07) is 16.8. The fourth-order valence-corrected chi connectivity index (χ4v) is 4.20. The number of benzene rings is 4. The van der Waals surface area contributed by atoms with Crippen LogP contribution in [0.15, 0.2) is 70.6 Å². The van der Waals surface area contributed by atoms with E-state index in [-0.39, 0.29) is 29.5 Å². The molecule has 40 heavy (non-hydrogen) atoms. The number of hydrogen-bond acceptors (Lipinski definition) is 5. The molecule has 4 rings (SSSR count). The largest absolute Gasteiger partial charge is 0.507 e. The van der Waals surface area contributed by atoms with Crippen molar-refractivity contribution >= 4 is 45.4 Å². The minimum atomic E-state index is -1.28. The maximum Gasteiger partial charge on any atom is 0.339 e. The average molecular weight is 546 g/mol. The summed E-state index contributed by atoms with van der Waals surface area (Å²) in [4.78, 5) is 30.7. The molecule has 0 atom stereocenters. The average Bonchev–Trinajstić information content (AvgIpc) is 2.90. The van der Waals surface area contributed by atoms with E-state index in [1.165, 1.54) is 12.1 Å². The van der Waals surface area contributed by atoms with E-state index in [4.69, 9.17) is 17.2 Å². The van der Waals surface area contributed by atoms with Crippen LogP contribution in [0.25, 0.3) is 21.5 Å². The van der Waals surface area contributed by atoms with Gasteiger partial charge in [-0.05, 0) is 40.1 Å². The topological polar surface area (TPSA) is 218 Å². The lowest BCUT2D eigenvalue weighted by Crippen LogP contribution is -2.26. The van der Waals surface area contributed by atoms with E-state index < -0.39 is 23.4 Å². The molecule has 0 aromatic heterocycles. The highest BCUT2D eigenvalue weighted by Crippen LogP contribution is 2.38. The molecule has 0 unspecified atom stereocenters. The van der Waals surface area contributed by atoms with Crippen LogP contribution >= 0.6 is 0 Å². The molecule has 0 amide bonds. The SMILES string of the molecule is CCCCN=C(N)N=C(N)N.O=C(O)c1cc2ccccc2c(Cc2c(O)c(C(=O)O)cc3ccccc23)c1O. The minimum absolute atomic E-state index is 0.0407. The number of carboxylic acid groups (broad SMARTS) is 2. The number of fused-ring (bicyclic) bond motifs is 2. The molecule has 0 bridgehead atoms. The van der Waals surface area contributed by atoms with Gasteiger partial charge < -0.3 is 37.6 Å². The smallest absolute Gasteiger partial charge is 0.339 e. The zero-order valence-electron chi connectivity index (χ0n) is 21.8. The first-order chi connectivity index (χ1) is 19.0. The van der Waals surface area contributed by atoms with E-state index >= 15 is 0 Å². The van der Waals surface area contributed by atoms with Crippen LogP contribution in [-0.2, 0) is 6.42 Å². The molecule has 10 N–H and O–H groups in total. The fraction of sp³-hybridized carbons (Fsp3) is 0.172. The summed E-state index contributed by atoms with van der Waals surface area (Å²) in [5.74, 6) is -3.26. The third-order valence-electron chi connectivity index (χ3n) is 6.10. The maximum absolute atomic E-state index is 11.6. The van der Waals surface area contributed by atoms with Crippen molar-refractivity contribution in [2.24, 2.45) is 27.2 Å². The summed E-state index contributed by atoms with van der Waals surface area (Å²) >= 11 is 0. The van der Waals surface area contributed by atoms with Crippen LogP contribution in [0, 0.1) is 0 Å². The molecule has 11 heteroatoms. The lowest BCUT2D eigenvalue weighted by atomic mass is 9.90. The van der Waals surface area contributed by atoms with Crippen molar-refractivity contribution in [2.75, 3.05) is 6.54 Å². The number of carbonyl (C=O) groups is 2. The lowest BCUT2D eigenvalue weighted by Gasteiger charge is -2.16. The number of aromatic carboxylic acids is 2. The predicted octanol–water partition coefficient (Wildman–Crippen LogP) is 3.77. The molecule has 0 fully saturated rings. The molecule has 0 saturated heterocycles. The second-order valence-electron chi connectivity index (χ2n) is 8.86. The van der Waals surface area contributed by atoms with Gasteiger partial charge in [0.05, 0.1) is 0 Å². The van der Waals surface area contributed by atoms with E-state index in [0.717, 1.165) is 12.8 Å². The number of hydrogen-bond donors (Lipinski definition) is 7. The summed E-state index contributed by atoms with van der Waals surface area (Å²) in [7, 11) is 0. The van der Waals surface area contributed by atoms with Gasteiger partial charge in [-0.25, -0.2) is 9.59 Å². The van der Waals surface area contributed by atoms with Crippen LogP contribution in [0.4, 0.5) is 0 Å². The molecule has 0 aliphatic carbocycles. The molecule has 0 saturated carbocycles. The summed E-state index contributed by atoms with van der Waals surface area (Å²) < 4.78 is 0. The Morgan fingerprint density at radius 1 is 0.775 bits per heavy atom. The van der Waals surface area contributed by atoms with E-state index in [2.05, 4.69) is 16.9 Å². The number of unbranched alkanes of at least 4 members (excludes halogenated alkanes) is 1. The Morgan fingerprint density at radius 3 is 1.62 bits per heavy atom. The zero-order chi connectivity index (χ0) is 29.4. The van der Waals surface area contributed by atoms with E-state index in [1.807, 2.05) is 0 Å². The van der Waals surface area contributed by atoms with Crippen molar-refractivity contribution in [3.63, 3.8) is 0 Å². The van der Waals surface area contributed by atoms with E-state index in [0.29, 0.717) is 39.2 Å². The normalized spacial score (nSPS) is 11.1. The molecule has 0 radical (unpaired) electrons. The van der Waals surface area contributed by atoms with Crippen molar-refractivity contribution in [3.05, 3.63) is 82.9 Å². The Bertz CT molecular complexity index is 1530. The highest BCUT2D eigenvalue weighted by atomic mass is 16.4. The Balaban J connectivity index is 0.000000342. The molecule has 0 aliphatic heterocycles. The Labute approximate surface area is 229 Å². The first-order valence-electron chi connectivity index (χ1n) is 12.4. The first-order valence-corrected chi connectivity index (χ1v) is 12.4. The number of carboxylic acids is 2. The number of aliphatic imine (C=N–C) groups is 2. The van der Waals surface area contributed by atoms with Gasteiger partial charge in [0.1, 0.15) is 22.6 Å². The van der Waals surface area contributed by atoms with Gasteiger partial charge in [0.2, 0.25) is 5.96 Å². The Hall–Kier alpha value is -5.32. The van der Waals surface area contributed by atoms with Gasteiger partial charge in [-0.2, -0.15) is 4.99 Å². The number of rotatable bonds is 7. The number of nitrogens with zero attached hydrogens (tertiary/aromatic N) is 2. The molecular weight excluding hydrogens is 514 g/mol. The maximum atomic E-state index is 11.6. The second-order valence-corrected chi connectivity index (χ2v) is 8.86. The van der Waals surface area contributed by atoms with Gasteiger partial charge in [0.25, 0.3) is 0 Å². The summed E-state index contributed by atoms with van der Waals surface area (Å²) in [5.41, 5.74) is 15.6. The van der Waals surface area contributed by atoms with Crippen molar-refractivity contribution in [1.29, 1.82) is 0 Å². The van der Waals surface area contributed by atoms with Crippen molar-refractivity contribution in [1.82, 2.24) is 0 Å². The van der Waals surface area contributed by atoms with Crippen LogP contribution in [0.2, 0.25) is 0 Å². The number of guanidine groups is 2. The highest BCUT2D eigenvalue weighted by molar-refractivity contribution is 6.02. The van der Waals surface area contributed by atoms with Crippen LogP contribution in [0.1, 0.15) is 51.6 Å². The molecule has 11 nitrogen and oxygen atoms in total. The molecule has 0 aliphatic rings. The van der Waals surface area contributed by atoms with Gasteiger partial charge in [0.15, 0.2) is 5.96 Å². The zero-order valence-corrected chi connectivity index (χ0v) is 21.8. The first kappa shape index (κ1) is 29.2. The standard InChI is InChI=1S/C23H16O6.C6H15N5/c24-20-16(14-7-3-1-5-12(14)9-18(20)22(26)27)11-17-15-8-4-2-6-13(15)10-19(21(17)25)23(28)29;1-2-3-4-10-6(9)11-5(7)8/h1-10,24-25H,11H2,(H,26,27)(H,28,29);2-4H2,1H3,(H6,7,8,9,10,11). The van der Waals surface area contributed by atoms with Gasteiger partial charge in [-0.3, -0.25) is 4.99 Å². The molecule has 4 aromatic rings. The monoisotopic (exact) mass is 545 g/mol. The highest BCUT2D eigenvalue weighted by Gasteiger charge is 2.22. The fourth-order valence-electron chi connectivity index (χ4n) is 4.20. The van der Waals surface area contributed by atoms with Gasteiger partial charge in [0, 0.05) is 24.1 Å².